The summed E-state index contributed by atoms with van der Waals surface area (Å²) in [5, 5.41) is 3.13. The van der Waals surface area contributed by atoms with Crippen LogP contribution in [0.2, 0.25) is 0 Å². The highest BCUT2D eigenvalue weighted by atomic mass is 16.5. The average Bonchev–Trinajstić information content (AvgIpc) is 2.67. The number of rotatable bonds is 12. The van der Waals surface area contributed by atoms with Gasteiger partial charge in [-0.2, -0.15) is 0 Å². The first-order valence-electron chi connectivity index (χ1n) is 10.7. The molecule has 0 aromatic heterocycles. The number of carbonyl (C=O) groups is 2. The molecular weight excluding hydrogens is 338 g/mol. The standard InChI is InChI=1S/C23H35NO3/c1-2-3-4-5-6-9-18-27-23(26)17-11-16-22(25)24-21-15-10-13-19-12-7-8-14-20(19)21/h7-8,12,14,21H,2-6,9-11,13,15-18H2,1H3,(H,24,25). The van der Waals surface area contributed by atoms with Crippen LogP contribution in [0.1, 0.15) is 94.7 Å². The number of hydrogen-bond donors (Lipinski definition) is 1. The van der Waals surface area contributed by atoms with E-state index in [2.05, 4.69) is 30.4 Å². The van der Waals surface area contributed by atoms with Gasteiger partial charge in [0, 0.05) is 12.8 Å². The van der Waals surface area contributed by atoms with E-state index in [0.717, 1.165) is 32.1 Å². The Bertz CT molecular complexity index is 585. The van der Waals surface area contributed by atoms with Gasteiger partial charge in [-0.05, 0) is 43.2 Å². The molecule has 27 heavy (non-hydrogen) atoms. The first-order valence-corrected chi connectivity index (χ1v) is 10.7. The molecule has 4 heteroatoms. The molecule has 1 unspecified atom stereocenters. The number of esters is 1. The van der Waals surface area contributed by atoms with Gasteiger partial charge in [0.2, 0.25) is 5.91 Å². The fourth-order valence-electron chi connectivity index (χ4n) is 3.70. The number of aryl methyl sites for hydroxylation is 1. The molecule has 1 aromatic rings. The van der Waals surface area contributed by atoms with Crippen LogP contribution in [0, 0.1) is 0 Å². The summed E-state index contributed by atoms with van der Waals surface area (Å²) in [6.45, 7) is 2.71. The van der Waals surface area contributed by atoms with Crippen molar-refractivity contribution in [1.29, 1.82) is 0 Å². The highest BCUT2D eigenvalue weighted by Gasteiger charge is 2.21. The van der Waals surface area contributed by atoms with Crippen molar-refractivity contribution in [3.05, 3.63) is 35.4 Å². The van der Waals surface area contributed by atoms with Crippen LogP contribution in [0.3, 0.4) is 0 Å². The Morgan fingerprint density at radius 1 is 1.04 bits per heavy atom. The van der Waals surface area contributed by atoms with E-state index in [1.807, 2.05) is 6.07 Å². The largest absolute Gasteiger partial charge is 0.466 e. The molecule has 0 bridgehead atoms. The second kappa shape index (κ2) is 12.5. The first kappa shape index (κ1) is 21.5. The molecule has 4 nitrogen and oxygen atoms in total. The minimum Gasteiger partial charge on any atom is -0.466 e. The number of fused-ring (bicyclic) bond motifs is 1. The molecule has 0 heterocycles. The fourth-order valence-corrected chi connectivity index (χ4v) is 3.70. The molecule has 1 aliphatic rings. The van der Waals surface area contributed by atoms with E-state index in [1.165, 1.54) is 36.8 Å². The highest BCUT2D eigenvalue weighted by molar-refractivity contribution is 5.77. The maximum absolute atomic E-state index is 12.2. The fraction of sp³-hybridized carbons (Fsp3) is 0.652. The van der Waals surface area contributed by atoms with Crippen molar-refractivity contribution in [3.63, 3.8) is 0 Å². The van der Waals surface area contributed by atoms with E-state index in [4.69, 9.17) is 4.74 Å². The molecule has 1 aliphatic carbocycles. The predicted molar refractivity (Wildman–Crippen MR) is 108 cm³/mol. The smallest absolute Gasteiger partial charge is 0.305 e. The predicted octanol–water partition coefficient (Wildman–Crippen LogP) is 5.25. The minimum atomic E-state index is -0.181. The molecule has 0 saturated carbocycles. The van der Waals surface area contributed by atoms with E-state index < -0.39 is 0 Å². The van der Waals surface area contributed by atoms with Crippen LogP contribution < -0.4 is 5.32 Å². The van der Waals surface area contributed by atoms with Crippen LogP contribution in [0.25, 0.3) is 0 Å². The van der Waals surface area contributed by atoms with E-state index in [9.17, 15) is 9.59 Å². The lowest BCUT2D eigenvalue weighted by Gasteiger charge is -2.26. The third kappa shape index (κ3) is 8.15. The molecule has 0 aliphatic heterocycles. The lowest BCUT2D eigenvalue weighted by molar-refractivity contribution is -0.143. The van der Waals surface area contributed by atoms with Crippen LogP contribution >= 0.6 is 0 Å². The Hall–Kier alpha value is -1.84. The van der Waals surface area contributed by atoms with Gasteiger partial charge in [0.1, 0.15) is 0 Å². The number of hydrogen-bond acceptors (Lipinski definition) is 3. The Labute approximate surface area is 164 Å². The third-order valence-corrected chi connectivity index (χ3v) is 5.25. The zero-order valence-corrected chi connectivity index (χ0v) is 16.8. The molecule has 1 aromatic carbocycles. The van der Waals surface area contributed by atoms with Crippen molar-refractivity contribution >= 4 is 11.9 Å². The summed E-state index contributed by atoms with van der Waals surface area (Å²) in [6.07, 6.45) is 11.5. The number of benzene rings is 1. The van der Waals surface area contributed by atoms with Crippen molar-refractivity contribution in [2.24, 2.45) is 0 Å². The summed E-state index contributed by atoms with van der Waals surface area (Å²) in [5.41, 5.74) is 2.59. The Morgan fingerprint density at radius 2 is 1.81 bits per heavy atom. The van der Waals surface area contributed by atoms with Crippen LogP contribution in [0.5, 0.6) is 0 Å². The zero-order chi connectivity index (χ0) is 19.3. The topological polar surface area (TPSA) is 55.4 Å². The molecule has 1 atom stereocenters. The van der Waals surface area contributed by atoms with E-state index in [-0.39, 0.29) is 17.9 Å². The van der Waals surface area contributed by atoms with Crippen molar-refractivity contribution in [1.82, 2.24) is 5.32 Å². The number of amides is 1. The van der Waals surface area contributed by atoms with Gasteiger partial charge in [-0.25, -0.2) is 0 Å². The van der Waals surface area contributed by atoms with Crippen LogP contribution in [-0.4, -0.2) is 18.5 Å². The van der Waals surface area contributed by atoms with Gasteiger partial charge in [0.25, 0.3) is 0 Å². The molecule has 0 radical (unpaired) electrons. The highest BCUT2D eigenvalue weighted by Crippen LogP contribution is 2.29. The van der Waals surface area contributed by atoms with Crippen molar-refractivity contribution in [2.45, 2.75) is 90.0 Å². The summed E-state index contributed by atoms with van der Waals surface area (Å²) in [5.74, 6) is -0.153. The van der Waals surface area contributed by atoms with Gasteiger partial charge in [-0.3, -0.25) is 9.59 Å². The lowest BCUT2D eigenvalue weighted by Crippen LogP contribution is -2.30. The number of nitrogens with one attached hydrogen (secondary N) is 1. The van der Waals surface area contributed by atoms with Crippen molar-refractivity contribution in [3.8, 4) is 0 Å². The monoisotopic (exact) mass is 373 g/mol. The second-order valence-electron chi connectivity index (χ2n) is 7.55. The van der Waals surface area contributed by atoms with Gasteiger partial charge in [0.15, 0.2) is 0 Å². The van der Waals surface area contributed by atoms with E-state index in [0.29, 0.717) is 25.9 Å². The first-order chi connectivity index (χ1) is 13.2. The Balaban J connectivity index is 1.55. The van der Waals surface area contributed by atoms with Crippen LogP contribution in [0.4, 0.5) is 0 Å². The van der Waals surface area contributed by atoms with Gasteiger partial charge in [-0.15, -0.1) is 0 Å². The molecule has 0 fully saturated rings. The van der Waals surface area contributed by atoms with Crippen molar-refractivity contribution in [2.75, 3.05) is 6.61 Å². The van der Waals surface area contributed by atoms with Gasteiger partial charge < -0.3 is 10.1 Å². The molecule has 0 saturated heterocycles. The maximum Gasteiger partial charge on any atom is 0.305 e. The maximum atomic E-state index is 12.2. The molecule has 150 valence electrons. The van der Waals surface area contributed by atoms with Crippen LogP contribution in [-0.2, 0) is 20.7 Å². The minimum absolute atomic E-state index is 0.0282. The number of ether oxygens (including phenoxy) is 1. The quantitative estimate of drug-likeness (QED) is 0.402. The number of unbranched alkanes of at least 4 members (excludes halogenated alkanes) is 5. The summed E-state index contributed by atoms with van der Waals surface area (Å²) in [6, 6.07) is 8.46. The third-order valence-electron chi connectivity index (χ3n) is 5.25. The SMILES string of the molecule is CCCCCCCCOC(=O)CCCC(=O)NC1CCCc2ccccc21. The second-order valence-corrected chi connectivity index (χ2v) is 7.55. The zero-order valence-electron chi connectivity index (χ0n) is 16.8. The summed E-state index contributed by atoms with van der Waals surface area (Å²) >= 11 is 0. The molecular formula is C23H35NO3. The molecule has 2 rings (SSSR count). The van der Waals surface area contributed by atoms with Crippen LogP contribution in [0.15, 0.2) is 24.3 Å². The van der Waals surface area contributed by atoms with Gasteiger partial charge in [0.05, 0.1) is 12.6 Å². The number of carbonyl (C=O) groups excluding carboxylic acids is 2. The average molecular weight is 374 g/mol. The summed E-state index contributed by atoms with van der Waals surface area (Å²) in [4.78, 5) is 24.0. The Kier molecular flexibility index (Phi) is 9.96. The van der Waals surface area contributed by atoms with Gasteiger partial charge >= 0.3 is 5.97 Å². The lowest BCUT2D eigenvalue weighted by atomic mass is 9.87. The van der Waals surface area contributed by atoms with E-state index in [1.54, 1.807) is 0 Å². The van der Waals surface area contributed by atoms with Crippen molar-refractivity contribution < 1.29 is 14.3 Å². The van der Waals surface area contributed by atoms with Gasteiger partial charge in [-0.1, -0.05) is 63.3 Å². The van der Waals surface area contributed by atoms with E-state index >= 15 is 0 Å². The molecule has 1 amide bonds. The normalized spacial score (nSPS) is 15.8. The summed E-state index contributed by atoms with van der Waals surface area (Å²) < 4.78 is 5.26. The summed E-state index contributed by atoms with van der Waals surface area (Å²) in [7, 11) is 0. The molecule has 1 N–H and O–H groups in total. The Morgan fingerprint density at radius 3 is 2.67 bits per heavy atom. The molecule has 0 spiro atoms.